The van der Waals surface area contributed by atoms with E-state index >= 15 is 0 Å². The van der Waals surface area contributed by atoms with E-state index in [1.54, 1.807) is 4.68 Å². The summed E-state index contributed by atoms with van der Waals surface area (Å²) in [7, 11) is 4.22. The summed E-state index contributed by atoms with van der Waals surface area (Å²) in [4.78, 5) is 18.2. The van der Waals surface area contributed by atoms with Crippen LogP contribution in [-0.4, -0.2) is 51.9 Å². The Morgan fingerprint density at radius 3 is 2.42 bits per heavy atom. The van der Waals surface area contributed by atoms with Gasteiger partial charge in [0.05, 0.1) is 11.3 Å². The number of likely N-dealkylation sites (tertiary alicyclic amines) is 1. The van der Waals surface area contributed by atoms with Gasteiger partial charge in [0.2, 0.25) is 0 Å². The third kappa shape index (κ3) is 4.83. The molecule has 0 saturated carbocycles. The van der Waals surface area contributed by atoms with Crippen molar-refractivity contribution >= 4 is 0 Å². The van der Waals surface area contributed by atoms with Gasteiger partial charge in [0, 0.05) is 38.4 Å². The van der Waals surface area contributed by atoms with Gasteiger partial charge in [-0.25, -0.2) is 4.68 Å². The molecule has 0 spiro atoms. The summed E-state index contributed by atoms with van der Waals surface area (Å²) in [5.41, 5.74) is 4.38. The Bertz CT molecular complexity index is 1040. The summed E-state index contributed by atoms with van der Waals surface area (Å²) in [5, 5.41) is 0. The van der Waals surface area contributed by atoms with Crippen LogP contribution in [0, 0.1) is 6.92 Å². The number of benzene rings is 2. The van der Waals surface area contributed by atoms with Crippen molar-refractivity contribution in [1.29, 1.82) is 0 Å². The van der Waals surface area contributed by atoms with Crippen LogP contribution in [0.25, 0.3) is 5.69 Å². The van der Waals surface area contributed by atoms with E-state index in [4.69, 9.17) is 0 Å². The first-order chi connectivity index (χ1) is 15.0. The number of rotatable bonds is 7. The molecule has 4 rings (SSSR count). The third-order valence-electron chi connectivity index (χ3n) is 6.76. The van der Waals surface area contributed by atoms with Crippen molar-refractivity contribution in [2.75, 3.05) is 26.7 Å². The molecule has 164 valence electrons. The molecule has 0 unspecified atom stereocenters. The molecule has 1 aliphatic heterocycles. The number of hydrogen-bond acceptors (Lipinski definition) is 3. The van der Waals surface area contributed by atoms with Crippen molar-refractivity contribution in [1.82, 2.24) is 19.2 Å². The number of aromatic nitrogens is 2. The lowest BCUT2D eigenvalue weighted by Crippen LogP contribution is -2.47. The number of likely N-dealkylation sites (N-methyl/N-ethyl adjacent to an activating group) is 1. The minimum Gasteiger partial charge on any atom is -0.302 e. The molecule has 5 heteroatoms. The lowest BCUT2D eigenvalue weighted by Gasteiger charge is -2.37. The van der Waals surface area contributed by atoms with Gasteiger partial charge in [0.25, 0.3) is 5.56 Å². The molecule has 1 aromatic heterocycles. The van der Waals surface area contributed by atoms with E-state index in [0.717, 1.165) is 49.5 Å². The third-order valence-corrected chi connectivity index (χ3v) is 6.76. The zero-order chi connectivity index (χ0) is 21.8. The Balaban J connectivity index is 1.43. The maximum atomic E-state index is 13.3. The average Bonchev–Trinajstić information content (AvgIpc) is 3.02. The molecule has 0 N–H and O–H groups in total. The first-order valence-corrected chi connectivity index (χ1v) is 11.3. The smallest absolute Gasteiger partial charge is 0.276 e. The van der Waals surface area contributed by atoms with Crippen LogP contribution in [-0.2, 0) is 20.0 Å². The van der Waals surface area contributed by atoms with Crippen molar-refractivity contribution in [2.24, 2.45) is 7.05 Å². The van der Waals surface area contributed by atoms with Crippen LogP contribution in [0.2, 0.25) is 0 Å². The van der Waals surface area contributed by atoms with E-state index in [9.17, 15) is 4.79 Å². The summed E-state index contributed by atoms with van der Waals surface area (Å²) < 4.78 is 3.78. The number of hydrogen-bond donors (Lipinski definition) is 0. The van der Waals surface area contributed by atoms with E-state index < -0.39 is 0 Å². The molecule has 1 saturated heterocycles. The normalized spacial score (nSPS) is 17.4. The molecule has 31 heavy (non-hydrogen) atoms. The fourth-order valence-corrected chi connectivity index (χ4v) is 4.70. The van der Waals surface area contributed by atoms with E-state index in [2.05, 4.69) is 54.1 Å². The van der Waals surface area contributed by atoms with Gasteiger partial charge in [0.1, 0.15) is 0 Å². The quantitative estimate of drug-likeness (QED) is 0.588. The molecule has 3 aromatic rings. The van der Waals surface area contributed by atoms with Gasteiger partial charge in [-0.3, -0.25) is 14.4 Å². The minimum atomic E-state index is 0.103. The van der Waals surface area contributed by atoms with E-state index in [1.165, 1.54) is 18.4 Å². The van der Waals surface area contributed by atoms with E-state index in [0.29, 0.717) is 6.04 Å². The molecular weight excluding hydrogens is 384 g/mol. The highest BCUT2D eigenvalue weighted by Gasteiger charge is 2.25. The fourth-order valence-electron chi connectivity index (χ4n) is 4.70. The van der Waals surface area contributed by atoms with Gasteiger partial charge in [-0.05, 0) is 57.5 Å². The summed E-state index contributed by atoms with van der Waals surface area (Å²) >= 11 is 0. The predicted molar refractivity (Wildman–Crippen MR) is 127 cm³/mol. The van der Waals surface area contributed by atoms with Gasteiger partial charge in [-0.15, -0.1) is 0 Å². The van der Waals surface area contributed by atoms with E-state index in [-0.39, 0.29) is 5.56 Å². The second kappa shape index (κ2) is 9.67. The van der Waals surface area contributed by atoms with Crippen LogP contribution in [0.1, 0.15) is 29.7 Å². The SMILES string of the molecule is Cc1c(CN2CCC[C@H](N(C)CCc3ccccc3)C2)c(=O)n(-c2ccccc2)n1C. The largest absolute Gasteiger partial charge is 0.302 e. The van der Waals surface area contributed by atoms with E-state index in [1.807, 2.05) is 42.1 Å². The highest BCUT2D eigenvalue weighted by Crippen LogP contribution is 2.19. The first kappa shape index (κ1) is 21.6. The van der Waals surface area contributed by atoms with Crippen molar-refractivity contribution in [2.45, 2.75) is 38.8 Å². The molecule has 0 radical (unpaired) electrons. The van der Waals surface area contributed by atoms with Crippen LogP contribution in [0.4, 0.5) is 0 Å². The van der Waals surface area contributed by atoms with Crippen molar-refractivity contribution in [3.63, 3.8) is 0 Å². The van der Waals surface area contributed by atoms with Gasteiger partial charge in [-0.1, -0.05) is 48.5 Å². The van der Waals surface area contributed by atoms with Crippen LogP contribution in [0.3, 0.4) is 0 Å². The summed E-state index contributed by atoms with van der Waals surface area (Å²) in [6, 6.07) is 21.2. The maximum absolute atomic E-state index is 13.3. The summed E-state index contributed by atoms with van der Waals surface area (Å²) in [6.07, 6.45) is 3.48. The lowest BCUT2D eigenvalue weighted by atomic mass is 10.0. The number of nitrogens with zero attached hydrogens (tertiary/aromatic N) is 4. The van der Waals surface area contributed by atoms with Crippen LogP contribution < -0.4 is 5.56 Å². The van der Waals surface area contributed by atoms with Crippen molar-refractivity contribution < 1.29 is 0 Å². The highest BCUT2D eigenvalue weighted by molar-refractivity contribution is 5.33. The number of para-hydroxylation sites is 1. The van der Waals surface area contributed by atoms with Crippen LogP contribution in [0.15, 0.2) is 65.5 Å². The molecule has 0 amide bonds. The van der Waals surface area contributed by atoms with Gasteiger partial charge in [0.15, 0.2) is 0 Å². The number of piperidine rings is 1. The fraction of sp³-hybridized carbons (Fsp3) is 0.423. The zero-order valence-electron chi connectivity index (χ0n) is 19.0. The molecule has 2 aromatic carbocycles. The zero-order valence-corrected chi connectivity index (χ0v) is 19.0. The maximum Gasteiger partial charge on any atom is 0.276 e. The highest BCUT2D eigenvalue weighted by atomic mass is 16.1. The standard InChI is InChI=1S/C26H34N4O/c1-21-25(26(31)30(28(21)3)23-13-8-5-9-14-23)20-29-17-10-15-24(19-29)27(2)18-16-22-11-6-4-7-12-22/h4-9,11-14,24H,10,15-20H2,1-3H3/t24-/m0/s1. The second-order valence-electron chi connectivity index (χ2n) is 8.79. The Morgan fingerprint density at radius 1 is 1.03 bits per heavy atom. The molecule has 0 bridgehead atoms. The average molecular weight is 419 g/mol. The monoisotopic (exact) mass is 418 g/mol. The lowest BCUT2D eigenvalue weighted by molar-refractivity contribution is 0.112. The van der Waals surface area contributed by atoms with Gasteiger partial charge in [-0.2, -0.15) is 0 Å². The topological polar surface area (TPSA) is 33.4 Å². The molecule has 5 nitrogen and oxygen atoms in total. The van der Waals surface area contributed by atoms with Crippen molar-refractivity contribution in [3.8, 4) is 5.69 Å². The molecule has 1 atom stereocenters. The van der Waals surface area contributed by atoms with Crippen LogP contribution in [0.5, 0.6) is 0 Å². The van der Waals surface area contributed by atoms with Crippen molar-refractivity contribution in [3.05, 3.63) is 87.8 Å². The predicted octanol–water partition coefficient (Wildman–Crippen LogP) is 3.62. The Morgan fingerprint density at radius 2 is 1.71 bits per heavy atom. The molecular formula is C26H34N4O. The molecule has 2 heterocycles. The molecule has 0 aliphatic carbocycles. The van der Waals surface area contributed by atoms with Gasteiger partial charge >= 0.3 is 0 Å². The second-order valence-corrected chi connectivity index (χ2v) is 8.79. The Kier molecular flexibility index (Phi) is 6.73. The van der Waals surface area contributed by atoms with Crippen LogP contribution >= 0.6 is 0 Å². The molecule has 1 fully saturated rings. The minimum absolute atomic E-state index is 0.103. The van der Waals surface area contributed by atoms with Gasteiger partial charge < -0.3 is 4.90 Å². The first-order valence-electron chi connectivity index (χ1n) is 11.3. The Hall–Kier alpha value is -2.63. The Labute approximate surface area is 185 Å². The summed E-state index contributed by atoms with van der Waals surface area (Å²) in [6.45, 7) is 5.92. The molecule has 1 aliphatic rings. The summed E-state index contributed by atoms with van der Waals surface area (Å²) in [5.74, 6) is 0.